The van der Waals surface area contributed by atoms with E-state index in [2.05, 4.69) is 76.1 Å². The quantitative estimate of drug-likeness (QED) is 0.438. The summed E-state index contributed by atoms with van der Waals surface area (Å²) in [4.78, 5) is 12.2. The van der Waals surface area contributed by atoms with Crippen LogP contribution in [0.5, 0.6) is 0 Å². The number of benzene rings is 3. The molecule has 36 heavy (non-hydrogen) atoms. The van der Waals surface area contributed by atoms with Crippen molar-refractivity contribution < 1.29 is 19.1 Å². The Labute approximate surface area is 212 Å². The van der Waals surface area contributed by atoms with E-state index in [1.807, 2.05) is 30.3 Å². The monoisotopic (exact) mass is 484 g/mol. The van der Waals surface area contributed by atoms with Gasteiger partial charge in [0.15, 0.2) is 5.92 Å². The van der Waals surface area contributed by atoms with Gasteiger partial charge in [0.05, 0.1) is 0 Å². The molecule has 3 aromatic carbocycles. The second-order valence-electron chi connectivity index (χ2n) is 9.83. The zero-order valence-electron chi connectivity index (χ0n) is 21.9. The Morgan fingerprint density at radius 2 is 1.31 bits per heavy atom. The van der Waals surface area contributed by atoms with E-state index in [9.17, 15) is 0 Å². The number of hydrogen-bond donors (Lipinski definition) is 0. The third kappa shape index (κ3) is 3.86. The zero-order chi connectivity index (χ0) is 25.6. The lowest BCUT2D eigenvalue weighted by atomic mass is 9.81. The van der Waals surface area contributed by atoms with Gasteiger partial charge in [-0.2, -0.15) is 0 Å². The van der Waals surface area contributed by atoms with Crippen LogP contribution in [0, 0.1) is 47.5 Å². The molecule has 2 aliphatic heterocycles. The lowest BCUT2D eigenvalue weighted by Gasteiger charge is -2.34. The number of aryl methyl sites for hydroxylation is 6. The van der Waals surface area contributed by atoms with Gasteiger partial charge in [-0.05, 0) is 69.0 Å². The van der Waals surface area contributed by atoms with Crippen LogP contribution in [0.3, 0.4) is 0 Å². The van der Waals surface area contributed by atoms with E-state index in [1.54, 1.807) is 7.11 Å². The number of rotatable bonds is 5. The van der Waals surface area contributed by atoms with E-state index in [0.717, 1.165) is 44.7 Å². The van der Waals surface area contributed by atoms with E-state index in [1.165, 1.54) is 11.1 Å². The number of oxime groups is 2. The molecule has 0 bridgehead atoms. The average Bonchev–Trinajstić information content (AvgIpc) is 3.44. The topological polar surface area (TPSA) is 61.6 Å². The maximum Gasteiger partial charge on any atom is 0.318 e. The summed E-state index contributed by atoms with van der Waals surface area (Å²) >= 11 is 0. The van der Waals surface area contributed by atoms with Gasteiger partial charge in [0, 0.05) is 23.8 Å². The first-order valence-electron chi connectivity index (χ1n) is 12.2. The molecule has 186 valence electrons. The Kier molecular flexibility index (Phi) is 6.08. The minimum absolute atomic E-state index is 0.437. The van der Waals surface area contributed by atoms with Gasteiger partial charge < -0.3 is 19.1 Å². The predicted molar refractivity (Wildman–Crippen MR) is 140 cm³/mol. The van der Waals surface area contributed by atoms with Crippen LogP contribution < -0.4 is 0 Å². The Hall–Kier alpha value is -3.64. The van der Waals surface area contributed by atoms with Gasteiger partial charge in [-0.15, -0.1) is 0 Å². The van der Waals surface area contributed by atoms with Crippen molar-refractivity contribution in [2.45, 2.75) is 53.6 Å². The van der Waals surface area contributed by atoms with Gasteiger partial charge in [0.25, 0.3) is 5.90 Å². The zero-order valence-corrected chi connectivity index (χ0v) is 21.9. The highest BCUT2D eigenvalue weighted by Gasteiger charge is 2.60. The van der Waals surface area contributed by atoms with Gasteiger partial charge in [-0.1, -0.05) is 70.9 Å². The van der Waals surface area contributed by atoms with Crippen molar-refractivity contribution >= 4 is 11.6 Å². The molecule has 0 radical (unpaired) electrons. The lowest BCUT2D eigenvalue weighted by molar-refractivity contribution is -0.244. The predicted octanol–water partition coefficient (Wildman–Crippen LogP) is 6.12. The molecule has 0 fully saturated rings. The molecule has 0 saturated heterocycles. The smallest absolute Gasteiger partial charge is 0.318 e. The van der Waals surface area contributed by atoms with E-state index in [4.69, 9.17) is 19.1 Å². The maximum absolute atomic E-state index is 6.78. The second-order valence-corrected chi connectivity index (χ2v) is 9.83. The summed E-state index contributed by atoms with van der Waals surface area (Å²) in [6, 6.07) is 18.4. The Bertz CT molecular complexity index is 1330. The average molecular weight is 485 g/mol. The van der Waals surface area contributed by atoms with E-state index >= 15 is 0 Å². The molecule has 0 spiro atoms. The highest BCUT2D eigenvalue weighted by atomic mass is 16.8. The molecule has 2 aliphatic rings. The van der Waals surface area contributed by atoms with Crippen LogP contribution in [0.2, 0.25) is 0 Å². The Balaban J connectivity index is 1.67. The van der Waals surface area contributed by atoms with Gasteiger partial charge in [-0.3, -0.25) is 0 Å². The standard InChI is InChI=1S/C30H32N2O4/c1-17-13-19(3)24(20(4)14-17)27-26(29(33-7)35-31-27)30(23-11-9-8-10-12-23)34-28(32-36-30)25-21(5)15-18(2)16-22(25)6/h8-16,26,29H,1-7H3/t26-,29-,30?/m1/s1. The molecular weight excluding hydrogens is 452 g/mol. The Morgan fingerprint density at radius 3 is 1.86 bits per heavy atom. The highest BCUT2D eigenvalue weighted by Crippen LogP contribution is 2.47. The summed E-state index contributed by atoms with van der Waals surface area (Å²) < 4.78 is 12.6. The molecule has 3 atom stereocenters. The first-order chi connectivity index (χ1) is 17.2. The van der Waals surface area contributed by atoms with Crippen LogP contribution >= 0.6 is 0 Å². The van der Waals surface area contributed by atoms with Crippen molar-refractivity contribution in [2.75, 3.05) is 7.11 Å². The molecule has 0 amide bonds. The van der Waals surface area contributed by atoms with Crippen LogP contribution in [0.1, 0.15) is 50.1 Å². The molecular formula is C30H32N2O4. The van der Waals surface area contributed by atoms with Crippen LogP contribution in [0.15, 0.2) is 64.9 Å². The van der Waals surface area contributed by atoms with Crippen molar-refractivity contribution in [1.29, 1.82) is 0 Å². The van der Waals surface area contributed by atoms with Crippen molar-refractivity contribution in [3.63, 3.8) is 0 Å². The largest absolute Gasteiger partial charge is 0.425 e. The van der Waals surface area contributed by atoms with Crippen molar-refractivity contribution in [3.8, 4) is 0 Å². The third-order valence-electron chi connectivity index (χ3n) is 6.98. The minimum Gasteiger partial charge on any atom is -0.425 e. The summed E-state index contributed by atoms with van der Waals surface area (Å²) in [7, 11) is 1.61. The van der Waals surface area contributed by atoms with Gasteiger partial charge >= 0.3 is 5.79 Å². The summed E-state index contributed by atoms with van der Waals surface area (Å²) in [6.45, 7) is 12.5. The molecule has 0 N–H and O–H groups in total. The van der Waals surface area contributed by atoms with Crippen LogP contribution in [0.25, 0.3) is 0 Å². The van der Waals surface area contributed by atoms with Crippen molar-refractivity contribution in [1.82, 2.24) is 0 Å². The molecule has 2 heterocycles. The normalized spacial score (nSPS) is 23.0. The molecule has 5 rings (SSSR count). The first-order valence-corrected chi connectivity index (χ1v) is 12.2. The Morgan fingerprint density at radius 1 is 0.750 bits per heavy atom. The van der Waals surface area contributed by atoms with Gasteiger partial charge in [0.1, 0.15) is 5.71 Å². The molecule has 6 heteroatoms. The lowest BCUT2D eigenvalue weighted by Crippen LogP contribution is -2.47. The highest BCUT2D eigenvalue weighted by molar-refractivity contribution is 6.06. The molecule has 0 aliphatic carbocycles. The second kappa shape index (κ2) is 9.10. The van der Waals surface area contributed by atoms with Crippen molar-refractivity contribution in [2.24, 2.45) is 16.2 Å². The fraction of sp³-hybridized carbons (Fsp3) is 0.333. The summed E-state index contributed by atoms with van der Waals surface area (Å²) in [5.41, 5.74) is 10.2. The summed E-state index contributed by atoms with van der Waals surface area (Å²) in [5.74, 6) is -1.44. The summed E-state index contributed by atoms with van der Waals surface area (Å²) in [6.07, 6.45) is -0.727. The van der Waals surface area contributed by atoms with E-state index in [-0.39, 0.29) is 0 Å². The molecule has 0 saturated carbocycles. The number of hydrogen-bond acceptors (Lipinski definition) is 6. The third-order valence-corrected chi connectivity index (χ3v) is 6.98. The first kappa shape index (κ1) is 24.1. The van der Waals surface area contributed by atoms with E-state index < -0.39 is 18.0 Å². The van der Waals surface area contributed by atoms with Crippen molar-refractivity contribution in [3.05, 3.63) is 105 Å². The number of ether oxygens (including phenoxy) is 2. The minimum atomic E-state index is -1.33. The molecule has 6 nitrogen and oxygen atoms in total. The van der Waals surface area contributed by atoms with Crippen LogP contribution in [0.4, 0.5) is 0 Å². The number of methoxy groups -OCH3 is 1. The van der Waals surface area contributed by atoms with E-state index in [0.29, 0.717) is 5.90 Å². The van der Waals surface area contributed by atoms with Crippen LogP contribution in [-0.4, -0.2) is 25.0 Å². The summed E-state index contributed by atoms with van der Waals surface area (Å²) in [5, 5.41) is 9.05. The maximum atomic E-state index is 6.78. The van der Waals surface area contributed by atoms with Gasteiger partial charge in [-0.25, -0.2) is 0 Å². The van der Waals surface area contributed by atoms with Crippen LogP contribution in [-0.2, 0) is 24.9 Å². The fourth-order valence-corrected chi connectivity index (χ4v) is 5.66. The number of nitrogens with zero attached hydrogens (tertiary/aromatic N) is 2. The van der Waals surface area contributed by atoms with Gasteiger partial charge in [0.2, 0.25) is 6.29 Å². The molecule has 3 aromatic rings. The SMILES string of the molecule is CO[C@@H]1ON=C(c2c(C)cc(C)cc2C)[C@H]1C1(c2ccccc2)ON=C(c2c(C)cc(C)cc2C)O1. The molecule has 1 unspecified atom stereocenters. The molecule has 0 aromatic heterocycles. The fourth-order valence-electron chi connectivity index (χ4n) is 5.66.